The second-order valence-electron chi connectivity index (χ2n) is 9.30. The molecule has 8 heteroatoms. The third kappa shape index (κ3) is 5.75. The summed E-state index contributed by atoms with van der Waals surface area (Å²) in [5, 5.41) is 12.8. The first-order valence-electron chi connectivity index (χ1n) is 11.4. The van der Waals surface area contributed by atoms with E-state index in [9.17, 15) is 23.5 Å². The molecule has 0 radical (unpaired) electrons. The van der Waals surface area contributed by atoms with Gasteiger partial charge >= 0.3 is 0 Å². The summed E-state index contributed by atoms with van der Waals surface area (Å²) in [5.74, 6) is 2.67. The van der Waals surface area contributed by atoms with Crippen LogP contribution < -0.4 is 11.1 Å². The van der Waals surface area contributed by atoms with Crippen LogP contribution in [0, 0.1) is 23.5 Å². The Hall–Kier alpha value is -4.09. The smallest absolute Gasteiger partial charge is 0.251 e. The van der Waals surface area contributed by atoms with Gasteiger partial charge in [-0.05, 0) is 73.2 Å². The number of primary amides is 1. The second kappa shape index (κ2) is 9.88. The highest BCUT2D eigenvalue weighted by Gasteiger charge is 2.27. The number of carbonyl (C=O) groups excluding carboxylic acids is 2. The average Bonchev–Trinajstić information content (AvgIpc) is 3.17. The SMILES string of the molecule is CC(C)(O)C#Cc1ccc(-c2cccc3c2CNC3=O)c([C@H](CC(N)=O)Cc2cc(F)cc(F)c2)n1. The van der Waals surface area contributed by atoms with E-state index in [1.807, 2.05) is 6.07 Å². The Morgan fingerprint density at radius 3 is 2.50 bits per heavy atom. The lowest BCUT2D eigenvalue weighted by Gasteiger charge is -2.20. The normalized spacial score (nSPS) is 13.4. The van der Waals surface area contributed by atoms with Crippen LogP contribution in [0.1, 0.15) is 59.1 Å². The predicted octanol–water partition coefficient (Wildman–Crippen LogP) is 3.59. The van der Waals surface area contributed by atoms with Gasteiger partial charge in [-0.3, -0.25) is 9.59 Å². The van der Waals surface area contributed by atoms with Gasteiger partial charge in [0.2, 0.25) is 5.91 Å². The molecular formula is C28H25F2N3O3. The van der Waals surface area contributed by atoms with Gasteiger partial charge in [0.05, 0.1) is 5.69 Å². The molecule has 4 rings (SSSR count). The lowest BCUT2D eigenvalue weighted by atomic mass is 9.86. The first kappa shape index (κ1) is 25.0. The standard InChI is InChI=1S/C28H25F2N3O3/c1-28(2,36)9-8-20-6-7-22(21-4-3-5-23-24(21)15-32-27(23)35)26(33-20)17(13-25(31)34)10-16-11-18(29)14-19(30)12-16/h3-7,11-12,14,17,36H,10,13,15H2,1-2H3,(H2,31,34)(H,32,35)/t17-/m0/s1. The summed E-state index contributed by atoms with van der Waals surface area (Å²) in [7, 11) is 0. The first-order valence-corrected chi connectivity index (χ1v) is 11.4. The number of benzene rings is 2. The fourth-order valence-corrected chi connectivity index (χ4v) is 4.33. The van der Waals surface area contributed by atoms with Crippen LogP contribution in [-0.2, 0) is 17.8 Å². The number of rotatable bonds is 6. The highest BCUT2D eigenvalue weighted by atomic mass is 19.1. The van der Waals surface area contributed by atoms with E-state index in [1.165, 1.54) is 12.1 Å². The van der Waals surface area contributed by atoms with E-state index in [-0.39, 0.29) is 18.7 Å². The molecule has 0 unspecified atom stereocenters. The van der Waals surface area contributed by atoms with Crippen molar-refractivity contribution < 1.29 is 23.5 Å². The number of aromatic nitrogens is 1. The minimum atomic E-state index is -1.25. The Balaban J connectivity index is 1.90. The molecule has 2 amide bonds. The van der Waals surface area contributed by atoms with Gasteiger partial charge in [0.1, 0.15) is 22.9 Å². The van der Waals surface area contributed by atoms with Crippen LogP contribution >= 0.6 is 0 Å². The Labute approximate surface area is 207 Å². The third-order valence-electron chi connectivity index (χ3n) is 5.80. The number of amides is 2. The van der Waals surface area contributed by atoms with Gasteiger partial charge in [-0.1, -0.05) is 18.1 Å². The van der Waals surface area contributed by atoms with E-state index in [1.54, 1.807) is 38.1 Å². The van der Waals surface area contributed by atoms with Crippen molar-refractivity contribution in [3.05, 3.63) is 88.2 Å². The van der Waals surface area contributed by atoms with Crippen molar-refractivity contribution in [3.8, 4) is 23.0 Å². The molecule has 3 aromatic rings. The second-order valence-corrected chi connectivity index (χ2v) is 9.30. The fraction of sp³-hybridized carbons (Fsp3) is 0.250. The topological polar surface area (TPSA) is 105 Å². The zero-order chi connectivity index (χ0) is 26.0. The number of nitrogens with two attached hydrogens (primary N) is 1. The molecule has 6 nitrogen and oxygen atoms in total. The van der Waals surface area contributed by atoms with Crippen LogP contribution in [0.2, 0.25) is 0 Å². The third-order valence-corrected chi connectivity index (χ3v) is 5.80. The van der Waals surface area contributed by atoms with Crippen LogP contribution in [0.5, 0.6) is 0 Å². The van der Waals surface area contributed by atoms with Crippen LogP contribution in [0.25, 0.3) is 11.1 Å². The predicted molar refractivity (Wildman–Crippen MR) is 131 cm³/mol. The molecule has 0 spiro atoms. The minimum Gasteiger partial charge on any atom is -0.378 e. The van der Waals surface area contributed by atoms with Crippen LogP contribution in [0.3, 0.4) is 0 Å². The Morgan fingerprint density at radius 2 is 1.83 bits per heavy atom. The maximum absolute atomic E-state index is 13.9. The van der Waals surface area contributed by atoms with Gasteiger partial charge < -0.3 is 16.2 Å². The maximum Gasteiger partial charge on any atom is 0.251 e. The van der Waals surface area contributed by atoms with Gasteiger partial charge in [-0.2, -0.15) is 0 Å². The van der Waals surface area contributed by atoms with Gasteiger partial charge in [0, 0.05) is 36.1 Å². The lowest BCUT2D eigenvalue weighted by molar-refractivity contribution is -0.118. The monoisotopic (exact) mass is 489 g/mol. The summed E-state index contributed by atoms with van der Waals surface area (Å²) in [4.78, 5) is 29.0. The average molecular weight is 490 g/mol. The van der Waals surface area contributed by atoms with E-state index in [4.69, 9.17) is 10.7 Å². The van der Waals surface area contributed by atoms with Crippen LogP contribution in [-0.4, -0.2) is 27.5 Å². The van der Waals surface area contributed by atoms with Crippen molar-refractivity contribution in [2.24, 2.45) is 5.73 Å². The van der Waals surface area contributed by atoms with Crippen LogP contribution in [0.15, 0.2) is 48.5 Å². The summed E-state index contributed by atoms with van der Waals surface area (Å²) < 4.78 is 27.8. The molecule has 0 saturated carbocycles. The van der Waals surface area contributed by atoms with E-state index in [0.717, 1.165) is 17.2 Å². The number of aliphatic hydroxyl groups is 1. The van der Waals surface area contributed by atoms with Crippen molar-refractivity contribution in [2.75, 3.05) is 0 Å². The van der Waals surface area contributed by atoms with Crippen molar-refractivity contribution in [1.29, 1.82) is 0 Å². The van der Waals surface area contributed by atoms with Gasteiger partial charge in [0.25, 0.3) is 5.91 Å². The van der Waals surface area contributed by atoms with Gasteiger partial charge in [-0.15, -0.1) is 0 Å². The Bertz CT molecular complexity index is 1400. The van der Waals surface area contributed by atoms with Crippen molar-refractivity contribution in [3.63, 3.8) is 0 Å². The molecule has 1 aliphatic heterocycles. The number of nitrogens with one attached hydrogen (secondary N) is 1. The van der Waals surface area contributed by atoms with E-state index >= 15 is 0 Å². The van der Waals surface area contributed by atoms with Crippen LogP contribution in [0.4, 0.5) is 8.78 Å². The molecule has 1 aliphatic rings. The molecule has 0 saturated heterocycles. The molecule has 4 N–H and O–H groups in total. The summed E-state index contributed by atoms with van der Waals surface area (Å²) in [6.07, 6.45) is -0.0427. The molecule has 36 heavy (non-hydrogen) atoms. The van der Waals surface area contributed by atoms with Gasteiger partial charge in [-0.25, -0.2) is 13.8 Å². The molecule has 1 atom stereocenters. The lowest BCUT2D eigenvalue weighted by Crippen LogP contribution is -2.19. The van der Waals surface area contributed by atoms with Crippen molar-refractivity contribution in [2.45, 2.75) is 44.8 Å². The maximum atomic E-state index is 13.9. The molecule has 2 heterocycles. The Kier molecular flexibility index (Phi) is 6.86. The van der Waals surface area contributed by atoms with E-state index in [2.05, 4.69) is 17.2 Å². The number of halogens is 2. The number of hydrogen-bond acceptors (Lipinski definition) is 4. The fourth-order valence-electron chi connectivity index (χ4n) is 4.33. The molecular weight excluding hydrogens is 464 g/mol. The first-order chi connectivity index (χ1) is 17.0. The van der Waals surface area contributed by atoms with Crippen molar-refractivity contribution in [1.82, 2.24) is 10.3 Å². The largest absolute Gasteiger partial charge is 0.378 e. The molecule has 0 aliphatic carbocycles. The summed E-state index contributed by atoms with van der Waals surface area (Å²) >= 11 is 0. The van der Waals surface area contributed by atoms with E-state index in [0.29, 0.717) is 34.6 Å². The summed E-state index contributed by atoms with van der Waals surface area (Å²) in [6, 6.07) is 12.0. The molecule has 2 aromatic carbocycles. The number of pyridine rings is 1. The number of hydrogen-bond donors (Lipinski definition) is 3. The highest BCUT2D eigenvalue weighted by Crippen LogP contribution is 2.36. The number of nitrogens with zero attached hydrogens (tertiary/aromatic N) is 1. The summed E-state index contributed by atoms with van der Waals surface area (Å²) in [6.45, 7) is 3.42. The number of carbonyl (C=O) groups is 2. The minimum absolute atomic E-state index is 0.0895. The van der Waals surface area contributed by atoms with Gasteiger partial charge in [0.15, 0.2) is 0 Å². The Morgan fingerprint density at radius 1 is 1.14 bits per heavy atom. The zero-order valence-electron chi connectivity index (χ0n) is 19.9. The molecule has 184 valence electrons. The quantitative estimate of drug-likeness (QED) is 0.460. The number of fused-ring (bicyclic) bond motifs is 1. The van der Waals surface area contributed by atoms with Crippen molar-refractivity contribution >= 4 is 11.8 Å². The molecule has 0 bridgehead atoms. The summed E-state index contributed by atoms with van der Waals surface area (Å²) in [5.41, 5.74) is 8.18. The molecule has 1 aromatic heterocycles. The molecule has 0 fully saturated rings. The zero-order valence-corrected chi connectivity index (χ0v) is 19.9. The highest BCUT2D eigenvalue weighted by molar-refractivity contribution is 6.00. The van der Waals surface area contributed by atoms with E-state index < -0.39 is 29.1 Å².